The van der Waals surface area contributed by atoms with Crippen molar-refractivity contribution in [2.45, 2.75) is 6.61 Å². The first kappa shape index (κ1) is 16.2. The summed E-state index contributed by atoms with van der Waals surface area (Å²) in [6.45, 7) is 0.380. The Kier molecular flexibility index (Phi) is 5.45. The standard InChI is InChI=1S/C17H18N4O2/c1-22-14-5-7-15(8-6-14)23-11-12-3-2-4-13(9-12)17(19)16(10-18)21-20/h2-9,21H,11,19-20H2,1H3/b17-16-. The summed E-state index contributed by atoms with van der Waals surface area (Å²) in [5.74, 6) is 6.78. The molecule has 23 heavy (non-hydrogen) atoms. The average molecular weight is 310 g/mol. The summed E-state index contributed by atoms with van der Waals surface area (Å²) in [7, 11) is 1.62. The lowest BCUT2D eigenvalue weighted by Crippen LogP contribution is -2.23. The summed E-state index contributed by atoms with van der Waals surface area (Å²) in [5, 5.41) is 8.96. The molecule has 0 radical (unpaired) electrons. The zero-order valence-corrected chi connectivity index (χ0v) is 12.7. The number of rotatable bonds is 6. The van der Waals surface area contributed by atoms with Crippen LogP contribution in [-0.4, -0.2) is 7.11 Å². The van der Waals surface area contributed by atoms with Crippen LogP contribution in [0.5, 0.6) is 11.5 Å². The molecular weight excluding hydrogens is 292 g/mol. The Labute approximate surface area is 134 Å². The SMILES string of the molecule is COc1ccc(OCc2cccc(/C(N)=C(\C#N)NN)c2)cc1. The number of nitriles is 1. The first-order chi connectivity index (χ1) is 11.2. The molecule has 0 saturated heterocycles. The maximum Gasteiger partial charge on any atom is 0.151 e. The molecule has 0 aliphatic heterocycles. The van der Waals surface area contributed by atoms with Crippen LogP contribution in [0.2, 0.25) is 0 Å². The highest BCUT2D eigenvalue weighted by molar-refractivity contribution is 5.68. The molecule has 0 aliphatic carbocycles. The molecule has 6 heteroatoms. The van der Waals surface area contributed by atoms with Gasteiger partial charge >= 0.3 is 0 Å². The summed E-state index contributed by atoms with van der Waals surface area (Å²) in [6, 6.07) is 16.7. The number of nitrogens with two attached hydrogens (primary N) is 2. The van der Waals surface area contributed by atoms with Crippen LogP contribution in [0.4, 0.5) is 0 Å². The van der Waals surface area contributed by atoms with Crippen molar-refractivity contribution in [1.82, 2.24) is 5.43 Å². The van der Waals surface area contributed by atoms with E-state index in [-0.39, 0.29) is 5.70 Å². The van der Waals surface area contributed by atoms with Gasteiger partial charge in [-0.1, -0.05) is 18.2 Å². The number of methoxy groups -OCH3 is 1. The lowest BCUT2D eigenvalue weighted by atomic mass is 10.1. The lowest BCUT2D eigenvalue weighted by Gasteiger charge is -2.10. The minimum absolute atomic E-state index is 0.123. The highest BCUT2D eigenvalue weighted by atomic mass is 16.5. The average Bonchev–Trinajstić information content (AvgIpc) is 2.61. The third-order valence-electron chi connectivity index (χ3n) is 3.23. The van der Waals surface area contributed by atoms with Gasteiger partial charge in [-0.25, -0.2) is 5.84 Å². The predicted molar refractivity (Wildman–Crippen MR) is 87.8 cm³/mol. The normalized spacial score (nSPS) is 11.2. The summed E-state index contributed by atoms with van der Waals surface area (Å²) < 4.78 is 10.8. The second kappa shape index (κ2) is 7.73. The zero-order valence-electron chi connectivity index (χ0n) is 12.7. The molecule has 0 aromatic heterocycles. The summed E-state index contributed by atoms with van der Waals surface area (Å²) in [6.07, 6.45) is 0. The van der Waals surface area contributed by atoms with E-state index in [0.29, 0.717) is 17.9 Å². The summed E-state index contributed by atoms with van der Waals surface area (Å²) in [4.78, 5) is 0. The number of benzene rings is 2. The van der Waals surface area contributed by atoms with E-state index in [1.165, 1.54) is 0 Å². The van der Waals surface area contributed by atoms with E-state index in [2.05, 4.69) is 5.43 Å². The minimum Gasteiger partial charge on any atom is -0.497 e. The lowest BCUT2D eigenvalue weighted by molar-refractivity contribution is 0.305. The molecule has 0 unspecified atom stereocenters. The Morgan fingerprint density at radius 3 is 2.48 bits per heavy atom. The molecule has 118 valence electrons. The molecular formula is C17H18N4O2. The van der Waals surface area contributed by atoms with Gasteiger partial charge < -0.3 is 20.6 Å². The van der Waals surface area contributed by atoms with Crippen molar-refractivity contribution in [2.75, 3.05) is 7.11 Å². The molecule has 0 atom stereocenters. The molecule has 6 nitrogen and oxygen atoms in total. The van der Waals surface area contributed by atoms with Gasteiger partial charge in [0.25, 0.3) is 0 Å². The van der Waals surface area contributed by atoms with Gasteiger partial charge in [0.1, 0.15) is 24.2 Å². The Morgan fingerprint density at radius 2 is 1.87 bits per heavy atom. The largest absolute Gasteiger partial charge is 0.497 e. The van der Waals surface area contributed by atoms with Gasteiger partial charge in [-0.15, -0.1) is 0 Å². The van der Waals surface area contributed by atoms with Crippen LogP contribution in [0.1, 0.15) is 11.1 Å². The van der Waals surface area contributed by atoms with Gasteiger partial charge in [0.2, 0.25) is 0 Å². The Hall–Kier alpha value is -3.17. The van der Waals surface area contributed by atoms with E-state index in [0.717, 1.165) is 17.1 Å². The number of allylic oxidation sites excluding steroid dienone is 1. The number of nitrogens with zero attached hydrogens (tertiary/aromatic N) is 1. The van der Waals surface area contributed by atoms with E-state index in [9.17, 15) is 0 Å². The van der Waals surface area contributed by atoms with Crippen LogP contribution >= 0.6 is 0 Å². The molecule has 2 rings (SSSR count). The van der Waals surface area contributed by atoms with Crippen molar-refractivity contribution in [3.8, 4) is 17.6 Å². The zero-order chi connectivity index (χ0) is 16.7. The second-order valence-corrected chi connectivity index (χ2v) is 4.71. The van der Waals surface area contributed by atoms with Crippen LogP contribution in [0.25, 0.3) is 5.70 Å². The van der Waals surface area contributed by atoms with E-state index in [1.807, 2.05) is 48.5 Å². The van der Waals surface area contributed by atoms with E-state index in [1.54, 1.807) is 13.2 Å². The number of hydrogen-bond donors (Lipinski definition) is 3. The van der Waals surface area contributed by atoms with Gasteiger partial charge in [-0.05, 0) is 35.9 Å². The van der Waals surface area contributed by atoms with Crippen molar-refractivity contribution in [1.29, 1.82) is 5.26 Å². The molecule has 0 amide bonds. The fraction of sp³-hybridized carbons (Fsp3) is 0.118. The first-order valence-electron chi connectivity index (χ1n) is 6.90. The highest BCUT2D eigenvalue weighted by Gasteiger charge is 2.05. The highest BCUT2D eigenvalue weighted by Crippen LogP contribution is 2.19. The van der Waals surface area contributed by atoms with Crippen molar-refractivity contribution in [2.24, 2.45) is 11.6 Å². The molecule has 0 aliphatic rings. The van der Waals surface area contributed by atoms with Gasteiger partial charge in [0.15, 0.2) is 5.70 Å². The van der Waals surface area contributed by atoms with Crippen molar-refractivity contribution in [3.63, 3.8) is 0 Å². The third kappa shape index (κ3) is 4.15. The predicted octanol–water partition coefficient (Wildman–Crippen LogP) is 1.89. The molecule has 0 bridgehead atoms. The van der Waals surface area contributed by atoms with Crippen LogP contribution in [0.3, 0.4) is 0 Å². The van der Waals surface area contributed by atoms with Crippen LogP contribution in [0, 0.1) is 11.3 Å². The molecule has 0 saturated carbocycles. The number of hydrazine groups is 1. The molecule has 2 aromatic carbocycles. The first-order valence-corrected chi connectivity index (χ1v) is 6.90. The van der Waals surface area contributed by atoms with Gasteiger partial charge in [0.05, 0.1) is 12.8 Å². The summed E-state index contributed by atoms with van der Waals surface area (Å²) >= 11 is 0. The number of nitrogens with one attached hydrogen (secondary N) is 1. The molecule has 0 fully saturated rings. The number of hydrogen-bond acceptors (Lipinski definition) is 6. The topological polar surface area (TPSA) is 106 Å². The Bertz CT molecular complexity index is 733. The minimum atomic E-state index is 0.123. The van der Waals surface area contributed by atoms with Gasteiger partial charge in [-0.3, -0.25) is 0 Å². The monoisotopic (exact) mass is 310 g/mol. The third-order valence-corrected chi connectivity index (χ3v) is 3.23. The Balaban J connectivity index is 2.11. The van der Waals surface area contributed by atoms with Crippen molar-refractivity contribution in [3.05, 3.63) is 65.4 Å². The van der Waals surface area contributed by atoms with Gasteiger partial charge in [-0.2, -0.15) is 5.26 Å². The second-order valence-electron chi connectivity index (χ2n) is 4.71. The molecule has 0 heterocycles. The molecule has 0 spiro atoms. The van der Waals surface area contributed by atoms with Crippen LogP contribution < -0.4 is 26.5 Å². The van der Waals surface area contributed by atoms with E-state index >= 15 is 0 Å². The van der Waals surface area contributed by atoms with Crippen molar-refractivity contribution < 1.29 is 9.47 Å². The maximum absolute atomic E-state index is 8.96. The summed E-state index contributed by atoms with van der Waals surface area (Å²) in [5.41, 5.74) is 10.3. The van der Waals surface area contributed by atoms with Crippen molar-refractivity contribution >= 4 is 5.70 Å². The molecule has 5 N–H and O–H groups in total. The Morgan fingerprint density at radius 1 is 1.17 bits per heavy atom. The van der Waals surface area contributed by atoms with Crippen LogP contribution in [0.15, 0.2) is 54.2 Å². The smallest absolute Gasteiger partial charge is 0.151 e. The van der Waals surface area contributed by atoms with Gasteiger partial charge in [0, 0.05) is 5.56 Å². The fourth-order valence-corrected chi connectivity index (χ4v) is 1.98. The number of ether oxygens (including phenoxy) is 2. The fourth-order valence-electron chi connectivity index (χ4n) is 1.98. The van der Waals surface area contributed by atoms with E-state index in [4.69, 9.17) is 26.3 Å². The van der Waals surface area contributed by atoms with Crippen LogP contribution in [-0.2, 0) is 6.61 Å². The quantitative estimate of drug-likeness (QED) is 0.427. The van der Waals surface area contributed by atoms with E-state index < -0.39 is 0 Å². The molecule has 2 aromatic rings. The maximum atomic E-state index is 8.96.